The molecule has 1 heterocycles. The Morgan fingerprint density at radius 2 is 1.62 bits per heavy atom. The largest absolute Gasteiger partial charge is 0.355 e. The Balaban J connectivity index is 1.51. The summed E-state index contributed by atoms with van der Waals surface area (Å²) >= 11 is 0. The maximum Gasteiger partial charge on any atom is 0.0417 e. The van der Waals surface area contributed by atoms with E-state index in [2.05, 4.69) is 42.3 Å². The van der Waals surface area contributed by atoms with Crippen LogP contribution in [0.4, 0.5) is 11.4 Å². The Kier molecular flexibility index (Phi) is 5.92. The van der Waals surface area contributed by atoms with Gasteiger partial charge in [-0.05, 0) is 94.4 Å². The van der Waals surface area contributed by atoms with Crippen molar-refractivity contribution in [2.75, 3.05) is 25.0 Å². The van der Waals surface area contributed by atoms with E-state index in [1.54, 1.807) is 0 Å². The first-order valence-corrected chi connectivity index (χ1v) is 9.07. The number of aryl methyl sites for hydroxylation is 1. The molecule has 0 bridgehead atoms. The van der Waals surface area contributed by atoms with Gasteiger partial charge in [-0.2, -0.15) is 0 Å². The number of hydrogen-bond donors (Lipinski definition) is 1. The highest BCUT2D eigenvalue weighted by Gasteiger charge is 2.10. The lowest BCUT2D eigenvalue weighted by atomic mass is 10.0. The lowest BCUT2D eigenvalue weighted by Gasteiger charge is -2.15. The molecule has 1 N–H and O–H groups in total. The van der Waals surface area contributed by atoms with Gasteiger partial charge in [0.15, 0.2) is 0 Å². The minimum absolute atomic E-state index is 1.00. The number of benzene rings is 2. The average Bonchev–Trinajstić information content (AvgIpc) is 3.09. The summed E-state index contributed by atoms with van der Waals surface area (Å²) in [6.45, 7) is 12.1. The van der Waals surface area contributed by atoms with Crippen LogP contribution in [0.5, 0.6) is 0 Å². The summed E-state index contributed by atoms with van der Waals surface area (Å²) in [7, 11) is 0. The maximum atomic E-state index is 4.21. The highest BCUT2D eigenvalue weighted by molar-refractivity contribution is 5.67. The van der Waals surface area contributed by atoms with Crippen LogP contribution < -0.4 is 5.32 Å². The van der Waals surface area contributed by atoms with Gasteiger partial charge in [0.2, 0.25) is 0 Å². The lowest BCUT2D eigenvalue weighted by molar-refractivity contribution is 0.330. The first-order chi connectivity index (χ1) is 11.7. The van der Waals surface area contributed by atoms with Crippen molar-refractivity contribution in [1.82, 2.24) is 4.90 Å². The van der Waals surface area contributed by atoms with Gasteiger partial charge in [-0.15, -0.1) is 0 Å². The molecular weight excluding hydrogens is 292 g/mol. The Morgan fingerprint density at radius 3 is 2.38 bits per heavy atom. The second-order valence-electron chi connectivity index (χ2n) is 6.78. The predicted molar refractivity (Wildman–Crippen MR) is 104 cm³/mol. The summed E-state index contributed by atoms with van der Waals surface area (Å²) in [5, 5.41) is 3.44. The molecule has 2 heteroatoms. The van der Waals surface area contributed by atoms with Crippen molar-refractivity contribution in [2.24, 2.45) is 0 Å². The van der Waals surface area contributed by atoms with Gasteiger partial charge >= 0.3 is 0 Å². The van der Waals surface area contributed by atoms with Crippen molar-refractivity contribution in [2.45, 2.75) is 32.1 Å². The third-order valence-corrected chi connectivity index (χ3v) is 4.84. The molecule has 24 heavy (non-hydrogen) atoms. The zero-order valence-electron chi connectivity index (χ0n) is 14.6. The van der Waals surface area contributed by atoms with Crippen LogP contribution in [0, 0.1) is 13.8 Å². The highest BCUT2D eigenvalue weighted by Crippen LogP contribution is 2.24. The van der Waals surface area contributed by atoms with E-state index < -0.39 is 0 Å². The summed E-state index contributed by atoms with van der Waals surface area (Å²) in [5.74, 6) is 0. The van der Waals surface area contributed by atoms with Crippen LogP contribution in [0.25, 0.3) is 0 Å². The van der Waals surface area contributed by atoms with Crippen LogP contribution in [-0.2, 0) is 6.42 Å². The molecule has 0 aromatic heterocycles. The summed E-state index contributed by atoms with van der Waals surface area (Å²) in [6, 6.07) is 14.7. The van der Waals surface area contributed by atoms with Crippen LogP contribution in [0.2, 0.25) is 0 Å². The smallest absolute Gasteiger partial charge is 0.0417 e. The zero-order chi connectivity index (χ0) is 16.8. The summed E-state index contributed by atoms with van der Waals surface area (Å²) in [6.07, 6.45) is 6.46. The minimum Gasteiger partial charge on any atom is -0.355 e. The molecule has 1 aliphatic heterocycles. The summed E-state index contributed by atoms with van der Waals surface area (Å²) in [4.78, 5) is 2.59. The van der Waals surface area contributed by atoms with Gasteiger partial charge in [-0.3, -0.25) is 0 Å². The molecule has 0 saturated carbocycles. The summed E-state index contributed by atoms with van der Waals surface area (Å²) < 4.78 is 0. The molecule has 2 aromatic carbocycles. The maximum absolute atomic E-state index is 4.21. The van der Waals surface area contributed by atoms with E-state index in [4.69, 9.17) is 0 Å². The Bertz CT molecular complexity index is 657. The van der Waals surface area contributed by atoms with Crippen molar-refractivity contribution in [3.8, 4) is 0 Å². The van der Waals surface area contributed by atoms with E-state index in [0.717, 1.165) is 28.9 Å². The van der Waals surface area contributed by atoms with Gasteiger partial charge in [-0.1, -0.05) is 30.3 Å². The molecule has 1 aliphatic rings. The molecule has 1 saturated heterocycles. The van der Waals surface area contributed by atoms with Gasteiger partial charge in [0.25, 0.3) is 0 Å². The number of para-hydroxylation sites is 1. The minimum atomic E-state index is 1.00. The molecule has 0 atom stereocenters. The fraction of sp³-hybridized carbons (Fsp3) is 0.364. The molecule has 2 nitrogen and oxygen atoms in total. The number of likely N-dealkylation sites (tertiary alicyclic amines) is 1. The van der Waals surface area contributed by atoms with Gasteiger partial charge in [-0.25, -0.2) is 0 Å². The first kappa shape index (κ1) is 17.0. The normalized spacial score (nSPS) is 14.9. The van der Waals surface area contributed by atoms with E-state index in [-0.39, 0.29) is 0 Å². The number of hydrogen-bond acceptors (Lipinski definition) is 2. The third-order valence-electron chi connectivity index (χ3n) is 4.84. The number of anilines is 2. The average molecular weight is 320 g/mol. The monoisotopic (exact) mass is 320 g/mol. The van der Waals surface area contributed by atoms with Crippen LogP contribution in [-0.4, -0.2) is 24.5 Å². The molecule has 1 fully saturated rings. The molecule has 0 aliphatic carbocycles. The number of rotatable bonds is 7. The van der Waals surface area contributed by atoms with E-state index in [1.807, 2.05) is 24.3 Å². The fourth-order valence-corrected chi connectivity index (χ4v) is 3.38. The van der Waals surface area contributed by atoms with Gasteiger partial charge in [0.05, 0.1) is 0 Å². The molecule has 3 rings (SSSR count). The van der Waals surface area contributed by atoms with Crippen LogP contribution in [0.3, 0.4) is 0 Å². The lowest BCUT2D eigenvalue weighted by Crippen LogP contribution is -2.20. The van der Waals surface area contributed by atoms with E-state index in [1.165, 1.54) is 50.9 Å². The second kappa shape index (κ2) is 8.34. The van der Waals surface area contributed by atoms with Crippen LogP contribution >= 0.6 is 0 Å². The number of nitrogens with one attached hydrogen (secondary N) is 1. The SMILES string of the molecule is [CH2]c1ccccc1Nc1ccc(CCCCN2CCCC2)cc1[CH2]. The Morgan fingerprint density at radius 1 is 0.875 bits per heavy atom. The van der Waals surface area contributed by atoms with Gasteiger partial charge in [0, 0.05) is 11.4 Å². The molecule has 2 radical (unpaired) electrons. The molecule has 126 valence electrons. The predicted octanol–water partition coefficient (Wildman–Crippen LogP) is 5.21. The Hall–Kier alpha value is -1.80. The number of unbranched alkanes of at least 4 members (excludes halogenated alkanes) is 1. The third kappa shape index (κ3) is 4.61. The Labute approximate surface area is 146 Å². The van der Waals surface area contributed by atoms with Crippen molar-refractivity contribution < 1.29 is 0 Å². The van der Waals surface area contributed by atoms with E-state index >= 15 is 0 Å². The van der Waals surface area contributed by atoms with E-state index in [0.29, 0.717) is 0 Å². The second-order valence-corrected chi connectivity index (χ2v) is 6.78. The van der Waals surface area contributed by atoms with Gasteiger partial charge in [0.1, 0.15) is 0 Å². The van der Waals surface area contributed by atoms with Crippen LogP contribution in [0.15, 0.2) is 42.5 Å². The van der Waals surface area contributed by atoms with Crippen molar-refractivity contribution in [3.05, 3.63) is 73.0 Å². The van der Waals surface area contributed by atoms with Gasteiger partial charge < -0.3 is 10.2 Å². The highest BCUT2D eigenvalue weighted by atomic mass is 15.1. The topological polar surface area (TPSA) is 15.3 Å². The van der Waals surface area contributed by atoms with Crippen molar-refractivity contribution in [1.29, 1.82) is 0 Å². The molecule has 0 amide bonds. The standard InChI is InChI=1S/C22H28N2/c1-18-9-3-4-11-21(18)23-22-13-12-20(17-19(22)2)10-5-6-14-24-15-7-8-16-24/h3-4,9,11-13,17,23H,1-2,5-8,10,14-16H2. The zero-order valence-corrected chi connectivity index (χ0v) is 14.6. The van der Waals surface area contributed by atoms with Crippen LogP contribution in [0.1, 0.15) is 42.4 Å². The molecule has 0 unspecified atom stereocenters. The quantitative estimate of drug-likeness (QED) is 0.704. The molecule has 2 aromatic rings. The molecular formula is C22H28N2. The van der Waals surface area contributed by atoms with Crippen molar-refractivity contribution >= 4 is 11.4 Å². The first-order valence-electron chi connectivity index (χ1n) is 9.07. The van der Waals surface area contributed by atoms with E-state index in [9.17, 15) is 0 Å². The number of nitrogens with zero attached hydrogens (tertiary/aromatic N) is 1. The fourth-order valence-electron chi connectivity index (χ4n) is 3.38. The molecule has 0 spiro atoms. The van der Waals surface area contributed by atoms with Crippen molar-refractivity contribution in [3.63, 3.8) is 0 Å². The summed E-state index contributed by atoms with van der Waals surface area (Å²) in [5.41, 5.74) is 5.54.